The second kappa shape index (κ2) is 8.97. The molecule has 30 heavy (non-hydrogen) atoms. The number of Topliss-reactive ketones (excluding diaryl/α,β-unsaturated/α-hetero) is 1. The molecule has 1 atom stereocenters. The summed E-state index contributed by atoms with van der Waals surface area (Å²) >= 11 is 2.68. The number of pyridine rings is 1. The molecule has 1 aliphatic rings. The van der Waals surface area contributed by atoms with Gasteiger partial charge in [0.2, 0.25) is 5.91 Å². The minimum Gasteiger partial charge on any atom is -0.487 e. The normalized spacial score (nSPS) is 14.8. The maximum atomic E-state index is 14.2. The summed E-state index contributed by atoms with van der Waals surface area (Å²) in [4.78, 5) is 29.3. The molecule has 0 fully saturated rings. The third-order valence-electron chi connectivity index (χ3n) is 4.60. The lowest BCUT2D eigenvalue weighted by Crippen LogP contribution is -2.35. The molecule has 0 saturated heterocycles. The molecule has 1 aromatic carbocycles. The molecule has 3 heterocycles. The van der Waals surface area contributed by atoms with Crippen molar-refractivity contribution < 1.29 is 18.7 Å². The highest BCUT2D eigenvalue weighted by Crippen LogP contribution is 2.42. The van der Waals surface area contributed by atoms with Gasteiger partial charge in [0, 0.05) is 28.6 Å². The summed E-state index contributed by atoms with van der Waals surface area (Å²) in [5.41, 5.74) is 1.41. The standard InChI is InChI=1S/C22H19FN2O3S2/c1-13(26)18-5-6-19(30-18)17-10-15(23)8-14-9-16(28-22(14)17)11-25-20(27)12-29-21-4-2-3-7-24-21/h2-8,10,16H,9,11-12H2,1H3,(H,25,27). The van der Waals surface area contributed by atoms with E-state index in [1.54, 1.807) is 12.3 Å². The number of carbonyl (C=O) groups excluding carboxylic acids is 2. The van der Waals surface area contributed by atoms with Crippen LogP contribution in [-0.4, -0.2) is 35.1 Å². The molecular weight excluding hydrogens is 423 g/mol. The van der Waals surface area contributed by atoms with Crippen LogP contribution in [0.1, 0.15) is 22.2 Å². The van der Waals surface area contributed by atoms with E-state index >= 15 is 0 Å². The minimum absolute atomic E-state index is 0.0237. The Labute approximate surface area is 181 Å². The molecule has 8 heteroatoms. The van der Waals surface area contributed by atoms with E-state index in [0.717, 1.165) is 15.5 Å². The third kappa shape index (κ3) is 4.71. The van der Waals surface area contributed by atoms with Crippen LogP contribution < -0.4 is 10.1 Å². The molecule has 0 radical (unpaired) electrons. The van der Waals surface area contributed by atoms with E-state index in [0.29, 0.717) is 29.2 Å². The molecule has 5 nitrogen and oxygen atoms in total. The van der Waals surface area contributed by atoms with Crippen molar-refractivity contribution in [1.82, 2.24) is 10.3 Å². The van der Waals surface area contributed by atoms with Gasteiger partial charge in [-0.25, -0.2) is 9.37 Å². The molecule has 3 aromatic rings. The average molecular weight is 443 g/mol. The average Bonchev–Trinajstić information content (AvgIpc) is 3.38. The summed E-state index contributed by atoms with van der Waals surface area (Å²) in [5.74, 6) is 0.405. The number of halogens is 1. The van der Waals surface area contributed by atoms with Gasteiger partial charge in [0.1, 0.15) is 17.7 Å². The van der Waals surface area contributed by atoms with Crippen molar-refractivity contribution >= 4 is 34.8 Å². The van der Waals surface area contributed by atoms with Crippen LogP contribution in [-0.2, 0) is 11.2 Å². The lowest BCUT2D eigenvalue weighted by Gasteiger charge is -2.13. The number of hydrogen-bond donors (Lipinski definition) is 1. The van der Waals surface area contributed by atoms with Crippen molar-refractivity contribution in [3.05, 3.63) is 64.9 Å². The number of hydrogen-bond acceptors (Lipinski definition) is 6. The van der Waals surface area contributed by atoms with Crippen LogP contribution in [0.15, 0.2) is 53.7 Å². The number of fused-ring (bicyclic) bond motifs is 1. The van der Waals surface area contributed by atoms with Crippen LogP contribution in [0, 0.1) is 5.82 Å². The maximum absolute atomic E-state index is 14.2. The monoisotopic (exact) mass is 442 g/mol. The number of benzene rings is 1. The van der Waals surface area contributed by atoms with Crippen molar-refractivity contribution in [2.75, 3.05) is 12.3 Å². The van der Waals surface area contributed by atoms with Crippen LogP contribution in [0.5, 0.6) is 5.75 Å². The quantitative estimate of drug-likeness (QED) is 0.435. The molecule has 154 valence electrons. The van der Waals surface area contributed by atoms with Crippen LogP contribution in [0.3, 0.4) is 0 Å². The second-order valence-electron chi connectivity index (χ2n) is 6.87. The van der Waals surface area contributed by atoms with Crippen molar-refractivity contribution in [1.29, 1.82) is 0 Å². The molecule has 1 aliphatic heterocycles. The van der Waals surface area contributed by atoms with Crippen molar-refractivity contribution in [2.24, 2.45) is 0 Å². The smallest absolute Gasteiger partial charge is 0.230 e. The van der Waals surface area contributed by atoms with E-state index < -0.39 is 0 Å². The Hall–Kier alpha value is -2.71. The number of nitrogens with zero attached hydrogens (tertiary/aromatic N) is 1. The second-order valence-corrected chi connectivity index (χ2v) is 8.95. The van der Waals surface area contributed by atoms with E-state index in [1.807, 2.05) is 24.3 Å². The summed E-state index contributed by atoms with van der Waals surface area (Å²) in [6.45, 7) is 1.84. The van der Waals surface area contributed by atoms with Crippen LogP contribution in [0.4, 0.5) is 4.39 Å². The summed E-state index contributed by atoms with van der Waals surface area (Å²) < 4.78 is 20.2. The Balaban J connectivity index is 1.39. The maximum Gasteiger partial charge on any atom is 0.230 e. The molecule has 0 spiro atoms. The molecule has 0 saturated carbocycles. The molecule has 0 bridgehead atoms. The Morgan fingerprint density at radius 2 is 2.17 bits per heavy atom. The third-order valence-corrected chi connectivity index (χ3v) is 6.76. The summed E-state index contributed by atoms with van der Waals surface area (Å²) in [6, 6.07) is 12.0. The first kappa shape index (κ1) is 20.6. The lowest BCUT2D eigenvalue weighted by molar-refractivity contribution is -0.118. The first-order chi connectivity index (χ1) is 14.5. The van der Waals surface area contributed by atoms with Gasteiger partial charge in [-0.3, -0.25) is 9.59 Å². The van der Waals surface area contributed by atoms with Gasteiger partial charge in [-0.2, -0.15) is 0 Å². The highest BCUT2D eigenvalue weighted by molar-refractivity contribution is 7.99. The van der Waals surface area contributed by atoms with Gasteiger partial charge in [-0.05, 0) is 43.3 Å². The number of ether oxygens (including phenoxy) is 1. The van der Waals surface area contributed by atoms with Crippen molar-refractivity contribution in [3.63, 3.8) is 0 Å². The Bertz CT molecular complexity index is 1090. The molecule has 2 aromatic heterocycles. The number of thiophene rings is 1. The fraction of sp³-hybridized carbons (Fsp3) is 0.227. The summed E-state index contributed by atoms with van der Waals surface area (Å²) in [5, 5.41) is 3.66. The number of thioether (sulfide) groups is 1. The molecule has 0 aliphatic carbocycles. The topological polar surface area (TPSA) is 68.3 Å². The molecule has 1 unspecified atom stereocenters. The molecule has 1 amide bonds. The number of ketones is 1. The van der Waals surface area contributed by atoms with E-state index in [2.05, 4.69) is 10.3 Å². The van der Waals surface area contributed by atoms with Crippen LogP contribution in [0.2, 0.25) is 0 Å². The summed E-state index contributed by atoms with van der Waals surface area (Å²) in [6.07, 6.45) is 1.93. The highest BCUT2D eigenvalue weighted by Gasteiger charge is 2.28. The van der Waals surface area contributed by atoms with Crippen molar-refractivity contribution in [3.8, 4) is 16.2 Å². The fourth-order valence-corrected chi connectivity index (χ4v) is 4.82. The summed E-state index contributed by atoms with van der Waals surface area (Å²) in [7, 11) is 0. The zero-order valence-electron chi connectivity index (χ0n) is 16.2. The van der Waals surface area contributed by atoms with E-state index in [4.69, 9.17) is 4.74 Å². The number of carbonyl (C=O) groups is 2. The van der Waals surface area contributed by atoms with Gasteiger partial charge < -0.3 is 10.1 Å². The number of aromatic nitrogens is 1. The van der Waals surface area contributed by atoms with Crippen LogP contribution in [0.25, 0.3) is 10.4 Å². The van der Waals surface area contributed by atoms with Crippen molar-refractivity contribution in [2.45, 2.75) is 24.5 Å². The highest BCUT2D eigenvalue weighted by atomic mass is 32.2. The Morgan fingerprint density at radius 3 is 2.90 bits per heavy atom. The predicted octanol–water partition coefficient (Wildman–Crippen LogP) is 4.36. The first-order valence-electron chi connectivity index (χ1n) is 9.40. The number of rotatable bonds is 7. The van der Waals surface area contributed by atoms with Gasteiger partial charge in [0.15, 0.2) is 5.78 Å². The molecular formula is C22H19FN2O3S2. The van der Waals surface area contributed by atoms with Gasteiger partial charge >= 0.3 is 0 Å². The predicted molar refractivity (Wildman–Crippen MR) is 116 cm³/mol. The van der Waals surface area contributed by atoms with E-state index in [1.165, 1.54) is 42.2 Å². The zero-order valence-corrected chi connectivity index (χ0v) is 17.8. The SMILES string of the molecule is CC(=O)c1ccc(-c2cc(F)cc3c2OC(CNC(=O)CSc2ccccn2)C3)s1. The lowest BCUT2D eigenvalue weighted by atomic mass is 10.0. The number of amides is 1. The largest absolute Gasteiger partial charge is 0.487 e. The fourth-order valence-electron chi connectivity index (χ4n) is 3.21. The molecule has 4 rings (SSSR count). The van der Waals surface area contributed by atoms with E-state index in [9.17, 15) is 14.0 Å². The zero-order chi connectivity index (χ0) is 21.1. The Kier molecular flexibility index (Phi) is 6.15. The molecule has 1 N–H and O–H groups in total. The Morgan fingerprint density at radius 1 is 1.30 bits per heavy atom. The van der Waals surface area contributed by atoms with Gasteiger partial charge in [-0.1, -0.05) is 17.8 Å². The van der Waals surface area contributed by atoms with Gasteiger partial charge in [0.05, 0.1) is 22.2 Å². The van der Waals surface area contributed by atoms with E-state index in [-0.39, 0.29) is 29.4 Å². The van der Waals surface area contributed by atoms with Crippen LogP contribution >= 0.6 is 23.1 Å². The van der Waals surface area contributed by atoms with Gasteiger partial charge in [0.25, 0.3) is 0 Å². The first-order valence-corrected chi connectivity index (χ1v) is 11.2. The number of nitrogens with one attached hydrogen (secondary N) is 1. The minimum atomic E-state index is -0.346. The van der Waals surface area contributed by atoms with Gasteiger partial charge in [-0.15, -0.1) is 11.3 Å².